The third-order valence-corrected chi connectivity index (χ3v) is 4.62. The third-order valence-electron chi connectivity index (χ3n) is 4.24. The SMILES string of the molecule is Cc1nn(Cc2ccccc2)c(Cl)c1C(=O)C1C(=O)CCCC1=O. The van der Waals surface area contributed by atoms with E-state index in [0.717, 1.165) is 5.56 Å². The quantitative estimate of drug-likeness (QED) is 0.631. The molecule has 1 aliphatic carbocycles. The van der Waals surface area contributed by atoms with E-state index in [9.17, 15) is 14.4 Å². The van der Waals surface area contributed by atoms with Crippen molar-refractivity contribution in [3.8, 4) is 0 Å². The number of halogens is 1. The first-order chi connectivity index (χ1) is 11.5. The summed E-state index contributed by atoms with van der Waals surface area (Å²) in [7, 11) is 0. The van der Waals surface area contributed by atoms with E-state index in [-0.39, 0.29) is 35.1 Å². The van der Waals surface area contributed by atoms with Gasteiger partial charge >= 0.3 is 0 Å². The highest BCUT2D eigenvalue weighted by molar-refractivity contribution is 6.35. The van der Waals surface area contributed by atoms with E-state index in [0.29, 0.717) is 18.7 Å². The number of nitrogens with zero attached hydrogens (tertiary/aromatic N) is 2. The number of Topliss-reactive ketones (excluding diaryl/α,β-unsaturated/α-hetero) is 3. The molecule has 0 saturated heterocycles. The van der Waals surface area contributed by atoms with Gasteiger partial charge in [0.25, 0.3) is 0 Å². The Morgan fingerprint density at radius 3 is 2.46 bits per heavy atom. The lowest BCUT2D eigenvalue weighted by molar-refractivity contribution is -0.133. The molecule has 0 aliphatic heterocycles. The van der Waals surface area contributed by atoms with Crippen LogP contribution in [0.3, 0.4) is 0 Å². The maximum Gasteiger partial charge on any atom is 0.185 e. The van der Waals surface area contributed by atoms with Gasteiger partial charge in [-0.1, -0.05) is 41.9 Å². The first-order valence-electron chi connectivity index (χ1n) is 7.85. The van der Waals surface area contributed by atoms with Crippen LogP contribution in [-0.4, -0.2) is 27.1 Å². The van der Waals surface area contributed by atoms with Crippen LogP contribution in [0.25, 0.3) is 0 Å². The summed E-state index contributed by atoms with van der Waals surface area (Å²) in [5.41, 5.74) is 1.61. The van der Waals surface area contributed by atoms with Gasteiger partial charge in [0.2, 0.25) is 0 Å². The molecule has 1 heterocycles. The van der Waals surface area contributed by atoms with Gasteiger partial charge in [-0.25, -0.2) is 4.68 Å². The molecule has 2 aromatic rings. The highest BCUT2D eigenvalue weighted by Crippen LogP contribution is 2.28. The van der Waals surface area contributed by atoms with Crippen LogP contribution in [0.2, 0.25) is 5.15 Å². The number of carbonyl (C=O) groups is 3. The van der Waals surface area contributed by atoms with Gasteiger partial charge in [0.1, 0.15) is 11.1 Å². The fourth-order valence-electron chi connectivity index (χ4n) is 3.04. The summed E-state index contributed by atoms with van der Waals surface area (Å²) in [6.07, 6.45) is 1.04. The Bertz CT molecular complexity index is 795. The van der Waals surface area contributed by atoms with E-state index >= 15 is 0 Å². The molecule has 0 N–H and O–H groups in total. The zero-order valence-corrected chi connectivity index (χ0v) is 14.0. The van der Waals surface area contributed by atoms with E-state index in [4.69, 9.17) is 11.6 Å². The van der Waals surface area contributed by atoms with Crippen molar-refractivity contribution in [2.45, 2.75) is 32.7 Å². The molecule has 0 unspecified atom stereocenters. The van der Waals surface area contributed by atoms with Crippen LogP contribution in [-0.2, 0) is 16.1 Å². The van der Waals surface area contributed by atoms with Gasteiger partial charge in [0.05, 0.1) is 17.8 Å². The van der Waals surface area contributed by atoms with Crippen molar-refractivity contribution in [1.29, 1.82) is 0 Å². The van der Waals surface area contributed by atoms with Crippen LogP contribution in [0.5, 0.6) is 0 Å². The average molecular weight is 345 g/mol. The number of hydrogen-bond acceptors (Lipinski definition) is 4. The smallest absolute Gasteiger partial charge is 0.185 e. The van der Waals surface area contributed by atoms with Crippen molar-refractivity contribution in [2.24, 2.45) is 5.92 Å². The molecule has 5 nitrogen and oxygen atoms in total. The molecule has 0 bridgehead atoms. The van der Waals surface area contributed by atoms with E-state index in [1.165, 1.54) is 4.68 Å². The van der Waals surface area contributed by atoms with Crippen LogP contribution in [0.1, 0.15) is 40.9 Å². The molecule has 124 valence electrons. The van der Waals surface area contributed by atoms with E-state index < -0.39 is 11.7 Å². The Labute approximate surface area is 144 Å². The minimum Gasteiger partial charge on any atom is -0.298 e. The Balaban J connectivity index is 1.92. The lowest BCUT2D eigenvalue weighted by Gasteiger charge is -2.18. The van der Waals surface area contributed by atoms with Crippen LogP contribution in [0, 0.1) is 12.8 Å². The standard InChI is InChI=1S/C18H17ClN2O3/c1-11-15(17(24)16-13(22)8-5-9-14(16)23)18(19)21(20-11)10-12-6-3-2-4-7-12/h2-4,6-7,16H,5,8-10H2,1H3. The molecule has 0 radical (unpaired) electrons. The Morgan fingerprint density at radius 1 is 1.21 bits per heavy atom. The Morgan fingerprint density at radius 2 is 1.83 bits per heavy atom. The number of carbonyl (C=O) groups excluding carboxylic acids is 3. The summed E-state index contributed by atoms with van der Waals surface area (Å²) in [4.78, 5) is 36.8. The zero-order valence-electron chi connectivity index (χ0n) is 13.3. The lowest BCUT2D eigenvalue weighted by atomic mass is 9.82. The zero-order chi connectivity index (χ0) is 17.3. The van der Waals surface area contributed by atoms with Crippen molar-refractivity contribution in [2.75, 3.05) is 0 Å². The molecule has 6 heteroatoms. The number of ketones is 3. The molecular formula is C18H17ClN2O3. The van der Waals surface area contributed by atoms with Gasteiger partial charge in [-0.15, -0.1) is 0 Å². The van der Waals surface area contributed by atoms with E-state index in [2.05, 4.69) is 5.10 Å². The first-order valence-corrected chi connectivity index (χ1v) is 8.23. The molecule has 0 spiro atoms. The number of rotatable bonds is 4. The molecule has 1 aliphatic rings. The second-order valence-electron chi connectivity index (χ2n) is 5.98. The van der Waals surface area contributed by atoms with Crippen molar-refractivity contribution in [3.05, 3.63) is 52.3 Å². The predicted molar refractivity (Wildman–Crippen MR) is 89.2 cm³/mol. The van der Waals surface area contributed by atoms with Gasteiger partial charge in [-0.2, -0.15) is 5.10 Å². The molecule has 0 amide bonds. The molecule has 0 atom stereocenters. The molecule has 1 saturated carbocycles. The van der Waals surface area contributed by atoms with Gasteiger partial charge in [0.15, 0.2) is 17.3 Å². The fourth-order valence-corrected chi connectivity index (χ4v) is 3.36. The van der Waals surface area contributed by atoms with Crippen LogP contribution < -0.4 is 0 Å². The minimum atomic E-state index is -1.22. The third kappa shape index (κ3) is 3.04. The molecule has 1 fully saturated rings. The fraction of sp³-hybridized carbons (Fsp3) is 0.333. The highest BCUT2D eigenvalue weighted by Gasteiger charge is 2.39. The summed E-state index contributed by atoms with van der Waals surface area (Å²) < 4.78 is 1.53. The Kier molecular flexibility index (Phi) is 4.62. The number of aryl methyl sites for hydroxylation is 1. The van der Waals surface area contributed by atoms with Crippen molar-refractivity contribution in [3.63, 3.8) is 0 Å². The topological polar surface area (TPSA) is 69.0 Å². The van der Waals surface area contributed by atoms with Gasteiger partial charge in [-0.3, -0.25) is 14.4 Å². The lowest BCUT2D eigenvalue weighted by Crippen LogP contribution is -2.35. The van der Waals surface area contributed by atoms with Crippen molar-refractivity contribution < 1.29 is 14.4 Å². The summed E-state index contributed by atoms with van der Waals surface area (Å²) in [5.74, 6) is -2.37. The molecule has 3 rings (SSSR count). The highest BCUT2D eigenvalue weighted by atomic mass is 35.5. The minimum absolute atomic E-state index is 0.174. The molecular weight excluding hydrogens is 328 g/mol. The van der Waals surface area contributed by atoms with Crippen molar-refractivity contribution >= 4 is 29.0 Å². The predicted octanol–water partition coefficient (Wildman–Crippen LogP) is 3.01. The van der Waals surface area contributed by atoms with Crippen LogP contribution in [0.15, 0.2) is 30.3 Å². The van der Waals surface area contributed by atoms with Crippen molar-refractivity contribution in [1.82, 2.24) is 9.78 Å². The summed E-state index contributed by atoms with van der Waals surface area (Å²) >= 11 is 6.35. The van der Waals surface area contributed by atoms with Gasteiger partial charge < -0.3 is 0 Å². The van der Waals surface area contributed by atoms with E-state index in [1.54, 1.807) is 6.92 Å². The summed E-state index contributed by atoms with van der Waals surface area (Å²) in [5, 5.41) is 4.49. The van der Waals surface area contributed by atoms with Gasteiger partial charge in [-0.05, 0) is 18.9 Å². The second-order valence-corrected chi connectivity index (χ2v) is 6.34. The second kappa shape index (κ2) is 6.69. The molecule has 24 heavy (non-hydrogen) atoms. The average Bonchev–Trinajstić information content (AvgIpc) is 2.82. The first kappa shape index (κ1) is 16.6. The number of hydrogen-bond donors (Lipinski definition) is 0. The number of benzene rings is 1. The van der Waals surface area contributed by atoms with Crippen LogP contribution in [0.4, 0.5) is 0 Å². The van der Waals surface area contributed by atoms with E-state index in [1.807, 2.05) is 30.3 Å². The summed E-state index contributed by atoms with van der Waals surface area (Å²) in [6.45, 7) is 2.08. The largest absolute Gasteiger partial charge is 0.298 e. The normalized spacial score (nSPS) is 15.8. The maximum atomic E-state index is 12.7. The molecule has 1 aromatic carbocycles. The van der Waals surface area contributed by atoms with Gasteiger partial charge in [0, 0.05) is 12.8 Å². The summed E-state index contributed by atoms with van der Waals surface area (Å²) in [6, 6.07) is 9.59. The van der Waals surface area contributed by atoms with Crippen LogP contribution >= 0.6 is 11.6 Å². The monoisotopic (exact) mass is 344 g/mol. The maximum absolute atomic E-state index is 12.7. The molecule has 1 aromatic heterocycles. The number of aromatic nitrogens is 2. The Hall–Kier alpha value is -2.27.